The average Bonchev–Trinajstić information content (AvgIpc) is 3.66. The van der Waals surface area contributed by atoms with Gasteiger partial charge in [0.15, 0.2) is 5.82 Å². The van der Waals surface area contributed by atoms with Crippen molar-refractivity contribution in [2.24, 2.45) is 18.4 Å². The summed E-state index contributed by atoms with van der Waals surface area (Å²) >= 11 is 0. The Morgan fingerprint density at radius 1 is 1.05 bits per heavy atom. The minimum atomic E-state index is 0.110. The zero-order valence-corrected chi connectivity index (χ0v) is 23.8. The molecule has 206 valence electrons. The highest BCUT2D eigenvalue weighted by atomic mass is 16.5. The predicted molar refractivity (Wildman–Crippen MR) is 164 cm³/mol. The van der Waals surface area contributed by atoms with Gasteiger partial charge in [0, 0.05) is 48.1 Å². The van der Waals surface area contributed by atoms with Crippen LogP contribution in [0.2, 0.25) is 0 Å². The van der Waals surface area contributed by atoms with E-state index < -0.39 is 0 Å². The molecule has 6 nitrogen and oxygen atoms in total. The third-order valence-corrected chi connectivity index (χ3v) is 9.92. The first-order valence-electron chi connectivity index (χ1n) is 14.7. The Morgan fingerprint density at radius 2 is 1.85 bits per heavy atom. The third-order valence-electron chi connectivity index (χ3n) is 9.92. The number of amides is 1. The second kappa shape index (κ2) is 8.84. The number of carbonyl (C=O) groups excluding carboxylic acids is 1. The van der Waals surface area contributed by atoms with Crippen LogP contribution < -0.4 is 4.74 Å². The largest absolute Gasteiger partial charge is 0.494 e. The molecule has 2 bridgehead atoms. The van der Waals surface area contributed by atoms with Crippen LogP contribution in [0, 0.1) is 11.3 Å². The van der Waals surface area contributed by atoms with E-state index in [1.807, 2.05) is 25.2 Å². The molecule has 0 radical (unpaired) electrons. The summed E-state index contributed by atoms with van der Waals surface area (Å²) in [6.07, 6.45) is 8.09. The molecule has 6 heteroatoms. The van der Waals surface area contributed by atoms with E-state index in [0.29, 0.717) is 22.8 Å². The number of aromatic nitrogens is 3. The van der Waals surface area contributed by atoms with Crippen molar-refractivity contribution in [3.8, 4) is 17.3 Å². The van der Waals surface area contributed by atoms with Crippen molar-refractivity contribution >= 4 is 40.0 Å². The van der Waals surface area contributed by atoms with Crippen molar-refractivity contribution in [3.63, 3.8) is 0 Å². The van der Waals surface area contributed by atoms with Gasteiger partial charge in [-0.05, 0) is 73.6 Å². The third kappa shape index (κ3) is 3.56. The number of rotatable bonds is 6. The van der Waals surface area contributed by atoms with Crippen LogP contribution in [0.15, 0.2) is 66.7 Å². The summed E-state index contributed by atoms with van der Waals surface area (Å²) in [6.45, 7) is 3.89. The molecule has 2 aromatic heterocycles. The van der Waals surface area contributed by atoms with Crippen molar-refractivity contribution in [1.82, 2.24) is 19.0 Å². The molecule has 3 saturated carbocycles. The first kappa shape index (κ1) is 24.5. The van der Waals surface area contributed by atoms with E-state index in [9.17, 15) is 4.79 Å². The molecule has 1 aliphatic heterocycles. The SMILES string of the molecule is CCn1c(-c2nc3cc(C(=O)N4CC56CC(CC45)C6)cc(OC)c3n2C)cc2cc(/C=C/c3ccccc3)ccc21. The Bertz CT molecular complexity index is 1870. The number of ether oxygens (including phenoxy) is 1. The van der Waals surface area contributed by atoms with Gasteiger partial charge in [-0.2, -0.15) is 0 Å². The molecule has 1 spiro atoms. The van der Waals surface area contributed by atoms with Crippen LogP contribution in [0.1, 0.15) is 47.7 Å². The van der Waals surface area contributed by atoms with E-state index in [0.717, 1.165) is 47.1 Å². The lowest BCUT2D eigenvalue weighted by molar-refractivity contribution is -0.0552. The number of imidazole rings is 1. The molecule has 1 unspecified atom stereocenters. The van der Waals surface area contributed by atoms with Crippen LogP contribution in [0.5, 0.6) is 5.75 Å². The molecular formula is C35H34N4O2. The van der Waals surface area contributed by atoms with E-state index in [1.165, 1.54) is 35.7 Å². The summed E-state index contributed by atoms with van der Waals surface area (Å²) in [5.41, 5.74) is 7.35. The van der Waals surface area contributed by atoms with Gasteiger partial charge in [-0.1, -0.05) is 48.6 Å². The topological polar surface area (TPSA) is 52.3 Å². The fourth-order valence-electron chi connectivity index (χ4n) is 8.00. The number of carbonyl (C=O) groups is 1. The number of benzene rings is 3. The second-order valence-corrected chi connectivity index (χ2v) is 12.2. The van der Waals surface area contributed by atoms with Crippen molar-refractivity contribution < 1.29 is 9.53 Å². The number of hydrogen-bond donors (Lipinski definition) is 0. The van der Waals surface area contributed by atoms with Crippen LogP contribution in [-0.4, -0.2) is 44.6 Å². The van der Waals surface area contributed by atoms with Gasteiger partial charge >= 0.3 is 0 Å². The lowest BCUT2D eigenvalue weighted by atomic mass is 9.63. The fourth-order valence-corrected chi connectivity index (χ4v) is 8.00. The molecule has 1 atom stereocenters. The van der Waals surface area contributed by atoms with E-state index in [4.69, 9.17) is 9.72 Å². The van der Waals surface area contributed by atoms with Crippen molar-refractivity contribution in [1.29, 1.82) is 0 Å². The molecule has 3 aliphatic carbocycles. The van der Waals surface area contributed by atoms with Gasteiger partial charge in [0.25, 0.3) is 5.91 Å². The molecule has 3 aromatic carbocycles. The molecule has 0 N–H and O–H groups in total. The fraction of sp³-hybridized carbons (Fsp3) is 0.314. The number of aryl methyl sites for hydroxylation is 2. The maximum atomic E-state index is 13.6. The Kier molecular flexibility index (Phi) is 5.28. The summed E-state index contributed by atoms with van der Waals surface area (Å²) in [7, 11) is 3.71. The van der Waals surface area contributed by atoms with Gasteiger partial charge in [0.05, 0.1) is 18.3 Å². The first-order chi connectivity index (χ1) is 20.0. The van der Waals surface area contributed by atoms with Crippen molar-refractivity contribution in [3.05, 3.63) is 83.4 Å². The molecule has 5 aromatic rings. The molecule has 4 fully saturated rings. The van der Waals surface area contributed by atoms with Gasteiger partial charge < -0.3 is 18.8 Å². The van der Waals surface area contributed by atoms with Gasteiger partial charge in [-0.15, -0.1) is 0 Å². The Balaban J connectivity index is 1.17. The van der Waals surface area contributed by atoms with E-state index in [1.54, 1.807) is 7.11 Å². The Hall–Kier alpha value is -4.32. The van der Waals surface area contributed by atoms with Gasteiger partial charge in [-0.3, -0.25) is 4.79 Å². The monoisotopic (exact) mass is 542 g/mol. The Labute approximate surface area is 239 Å². The molecular weight excluding hydrogens is 508 g/mol. The van der Waals surface area contributed by atoms with E-state index in [-0.39, 0.29) is 5.91 Å². The quantitative estimate of drug-likeness (QED) is 0.217. The predicted octanol–water partition coefficient (Wildman–Crippen LogP) is 7.02. The van der Waals surface area contributed by atoms with E-state index >= 15 is 0 Å². The minimum Gasteiger partial charge on any atom is -0.494 e. The molecule has 1 saturated heterocycles. The van der Waals surface area contributed by atoms with Gasteiger partial charge in [0.2, 0.25) is 0 Å². The highest BCUT2D eigenvalue weighted by molar-refractivity contribution is 6.01. The van der Waals surface area contributed by atoms with Crippen LogP contribution in [0.3, 0.4) is 0 Å². The lowest BCUT2D eigenvalue weighted by Gasteiger charge is -2.56. The maximum absolute atomic E-state index is 13.6. The zero-order valence-electron chi connectivity index (χ0n) is 23.8. The second-order valence-electron chi connectivity index (χ2n) is 12.2. The molecule has 4 aliphatic rings. The molecule has 1 amide bonds. The minimum absolute atomic E-state index is 0.110. The van der Waals surface area contributed by atoms with Crippen LogP contribution >= 0.6 is 0 Å². The summed E-state index contributed by atoms with van der Waals surface area (Å²) in [5, 5.41) is 1.17. The highest BCUT2D eigenvalue weighted by Crippen LogP contribution is 2.66. The molecule has 3 heterocycles. The number of hydrogen-bond acceptors (Lipinski definition) is 3. The normalized spacial score (nSPS) is 22.8. The number of likely N-dealkylation sites (tertiary alicyclic amines) is 1. The summed E-state index contributed by atoms with van der Waals surface area (Å²) in [4.78, 5) is 20.8. The van der Waals surface area contributed by atoms with Crippen molar-refractivity contribution in [2.75, 3.05) is 13.7 Å². The van der Waals surface area contributed by atoms with Crippen LogP contribution in [0.25, 0.3) is 45.6 Å². The van der Waals surface area contributed by atoms with Gasteiger partial charge in [-0.25, -0.2) is 4.98 Å². The summed E-state index contributed by atoms with van der Waals surface area (Å²) in [6, 6.07) is 23.5. The van der Waals surface area contributed by atoms with Gasteiger partial charge in [0.1, 0.15) is 11.3 Å². The summed E-state index contributed by atoms with van der Waals surface area (Å²) < 4.78 is 10.3. The van der Waals surface area contributed by atoms with Crippen LogP contribution in [-0.2, 0) is 13.6 Å². The molecule has 9 rings (SSSR count). The number of methoxy groups -OCH3 is 1. The highest BCUT2D eigenvalue weighted by Gasteiger charge is 2.66. The Morgan fingerprint density at radius 3 is 2.61 bits per heavy atom. The standard InChI is InChI=1S/C35H34N4O2/c1-4-38-28-13-12-23(11-10-22-8-6-5-7-9-22)14-25(28)17-29(38)33-36-27-16-26(18-30(41-3)32(27)37(33)2)34(40)39-21-35-19-24(20-35)15-31(35)39/h5-14,16-18,24,31H,4,15,19-21H2,1-3H3/b11-10+. The average molecular weight is 543 g/mol. The van der Waals surface area contributed by atoms with Crippen LogP contribution in [0.4, 0.5) is 0 Å². The van der Waals surface area contributed by atoms with E-state index in [2.05, 4.69) is 81.6 Å². The first-order valence-corrected chi connectivity index (χ1v) is 14.7. The molecule has 41 heavy (non-hydrogen) atoms. The maximum Gasteiger partial charge on any atom is 0.254 e. The number of fused-ring (bicyclic) bond motifs is 2. The zero-order chi connectivity index (χ0) is 27.9. The lowest BCUT2D eigenvalue weighted by Crippen LogP contribution is -2.64. The summed E-state index contributed by atoms with van der Waals surface area (Å²) in [5.74, 6) is 2.49. The number of nitrogens with zero attached hydrogens (tertiary/aromatic N) is 4. The van der Waals surface area contributed by atoms with Crippen molar-refractivity contribution in [2.45, 2.75) is 38.8 Å². The smallest absolute Gasteiger partial charge is 0.254 e.